The van der Waals surface area contributed by atoms with Crippen LogP contribution in [0.1, 0.15) is 35.7 Å². The number of hydrogen-bond acceptors (Lipinski definition) is 6. The van der Waals surface area contributed by atoms with Crippen molar-refractivity contribution >= 4 is 10.8 Å². The second-order valence-electron chi connectivity index (χ2n) is 9.21. The number of fused-ring (bicyclic) bond motifs is 1. The lowest BCUT2D eigenvalue weighted by atomic mass is 10.0. The molecule has 7 heteroatoms. The summed E-state index contributed by atoms with van der Waals surface area (Å²) in [6.07, 6.45) is 3.59. The Hall–Kier alpha value is -3.10. The van der Waals surface area contributed by atoms with E-state index in [1.165, 1.54) is 21.9 Å². The van der Waals surface area contributed by atoms with Gasteiger partial charge in [0, 0.05) is 19.8 Å². The Balaban J connectivity index is 1.10. The molecule has 0 aliphatic carbocycles. The minimum atomic E-state index is 0.0112. The molecule has 0 radical (unpaired) electrons. The molecule has 1 aliphatic rings. The summed E-state index contributed by atoms with van der Waals surface area (Å²) in [4.78, 5) is 0. The number of nitrogens with zero attached hydrogens (tertiary/aromatic N) is 3. The highest BCUT2D eigenvalue weighted by molar-refractivity contribution is 5.82. The number of nitrogens with one attached hydrogen (secondary N) is 1. The maximum Gasteiger partial charge on any atom is 0.0928 e. The summed E-state index contributed by atoms with van der Waals surface area (Å²) in [5.74, 6) is 0. The molecule has 5 rings (SSSR count). The third kappa shape index (κ3) is 6.56. The van der Waals surface area contributed by atoms with E-state index in [0.717, 1.165) is 31.6 Å². The lowest BCUT2D eigenvalue weighted by Gasteiger charge is -2.32. The zero-order valence-corrected chi connectivity index (χ0v) is 20.6. The first-order valence-corrected chi connectivity index (χ1v) is 12.8. The number of piperidine rings is 1. The van der Waals surface area contributed by atoms with Gasteiger partial charge in [-0.05, 0) is 47.4 Å². The quantitative estimate of drug-likeness (QED) is 0.293. The van der Waals surface area contributed by atoms with Gasteiger partial charge in [-0.1, -0.05) is 71.9 Å². The van der Waals surface area contributed by atoms with E-state index < -0.39 is 0 Å². The summed E-state index contributed by atoms with van der Waals surface area (Å²) >= 11 is 0. The van der Waals surface area contributed by atoms with Crippen molar-refractivity contribution in [2.24, 2.45) is 0 Å². The van der Waals surface area contributed by atoms with Crippen molar-refractivity contribution in [1.82, 2.24) is 20.3 Å². The van der Waals surface area contributed by atoms with E-state index in [2.05, 4.69) is 70.2 Å². The summed E-state index contributed by atoms with van der Waals surface area (Å²) in [6, 6.07) is 25.3. The van der Waals surface area contributed by atoms with Crippen LogP contribution in [-0.2, 0) is 34.0 Å². The van der Waals surface area contributed by atoms with E-state index in [4.69, 9.17) is 14.2 Å². The van der Waals surface area contributed by atoms with Gasteiger partial charge in [0.15, 0.2) is 0 Å². The molecule has 2 heterocycles. The molecule has 1 aromatic heterocycles. The van der Waals surface area contributed by atoms with Crippen LogP contribution in [0.15, 0.2) is 79.0 Å². The van der Waals surface area contributed by atoms with E-state index in [0.29, 0.717) is 33.0 Å². The fourth-order valence-electron chi connectivity index (χ4n) is 4.65. The van der Waals surface area contributed by atoms with Crippen LogP contribution in [0.2, 0.25) is 0 Å². The van der Waals surface area contributed by atoms with Crippen molar-refractivity contribution in [2.75, 3.05) is 26.3 Å². The van der Waals surface area contributed by atoms with Gasteiger partial charge in [-0.15, -0.1) is 5.10 Å². The van der Waals surface area contributed by atoms with Crippen LogP contribution in [0, 0.1) is 0 Å². The second-order valence-corrected chi connectivity index (χ2v) is 9.21. The van der Waals surface area contributed by atoms with Crippen LogP contribution in [0.4, 0.5) is 0 Å². The van der Waals surface area contributed by atoms with Gasteiger partial charge >= 0.3 is 0 Å². The van der Waals surface area contributed by atoms with E-state index >= 15 is 0 Å². The zero-order chi connectivity index (χ0) is 24.4. The predicted molar refractivity (Wildman–Crippen MR) is 139 cm³/mol. The first-order valence-electron chi connectivity index (χ1n) is 12.8. The van der Waals surface area contributed by atoms with Crippen LogP contribution in [-0.4, -0.2) is 47.4 Å². The topological polar surface area (TPSA) is 70.4 Å². The molecule has 1 N–H and O–H groups in total. The number of hydrogen-bond donors (Lipinski definition) is 1. The molecule has 36 heavy (non-hydrogen) atoms. The Bertz CT molecular complexity index is 1210. The third-order valence-electron chi connectivity index (χ3n) is 6.57. The van der Waals surface area contributed by atoms with Gasteiger partial charge in [-0.3, -0.25) is 0 Å². The summed E-state index contributed by atoms with van der Waals surface area (Å²) in [6.45, 7) is 4.70. The molecule has 2 unspecified atom stereocenters. The standard InChI is InChI=1S/C29H34N4O3/c1-2-7-23(8-3-1)20-34-15-6-16-35-22-27-18-31-32-33(27)28-13-14-30-19-29(28)36-21-24-11-12-25-9-4-5-10-26(25)17-24/h1-5,7-12,17-18,28-30H,6,13-16,19-22H2. The maximum absolute atomic E-state index is 6.41. The Morgan fingerprint density at radius 1 is 0.833 bits per heavy atom. The molecular weight excluding hydrogens is 452 g/mol. The zero-order valence-electron chi connectivity index (χ0n) is 20.6. The smallest absolute Gasteiger partial charge is 0.0928 e. The minimum Gasteiger partial charge on any atom is -0.377 e. The highest BCUT2D eigenvalue weighted by Crippen LogP contribution is 2.24. The Kier molecular flexibility index (Phi) is 8.70. The maximum atomic E-state index is 6.41. The Labute approximate surface area is 212 Å². The number of benzene rings is 3. The lowest BCUT2D eigenvalue weighted by Crippen LogP contribution is -2.44. The number of ether oxygens (including phenoxy) is 3. The Morgan fingerprint density at radius 2 is 1.64 bits per heavy atom. The van der Waals surface area contributed by atoms with Gasteiger partial charge in [0.05, 0.1) is 43.9 Å². The molecule has 1 fully saturated rings. The minimum absolute atomic E-state index is 0.0112. The third-order valence-corrected chi connectivity index (χ3v) is 6.57. The molecule has 0 spiro atoms. The van der Waals surface area contributed by atoms with Crippen molar-refractivity contribution in [2.45, 2.75) is 44.8 Å². The average molecular weight is 487 g/mol. The number of aromatic nitrogens is 3. The van der Waals surface area contributed by atoms with Crippen molar-refractivity contribution in [3.8, 4) is 0 Å². The molecule has 0 amide bonds. The van der Waals surface area contributed by atoms with Gasteiger partial charge in [0.25, 0.3) is 0 Å². The normalized spacial score (nSPS) is 18.0. The fourth-order valence-corrected chi connectivity index (χ4v) is 4.65. The highest BCUT2D eigenvalue weighted by Gasteiger charge is 2.29. The molecule has 0 bridgehead atoms. The summed E-state index contributed by atoms with van der Waals surface area (Å²) < 4.78 is 20.1. The summed E-state index contributed by atoms with van der Waals surface area (Å²) in [5, 5.41) is 14.5. The molecule has 4 aromatic rings. The van der Waals surface area contributed by atoms with Crippen molar-refractivity contribution in [3.63, 3.8) is 0 Å². The molecule has 1 saturated heterocycles. The summed E-state index contributed by atoms with van der Waals surface area (Å²) in [5.41, 5.74) is 3.34. The first-order chi connectivity index (χ1) is 17.9. The first kappa shape index (κ1) is 24.6. The van der Waals surface area contributed by atoms with Gasteiger partial charge in [-0.2, -0.15) is 0 Å². The monoisotopic (exact) mass is 486 g/mol. The highest BCUT2D eigenvalue weighted by atomic mass is 16.5. The van der Waals surface area contributed by atoms with Crippen LogP contribution in [0.25, 0.3) is 10.8 Å². The van der Waals surface area contributed by atoms with E-state index in [9.17, 15) is 0 Å². The molecule has 7 nitrogen and oxygen atoms in total. The van der Waals surface area contributed by atoms with Crippen molar-refractivity contribution in [3.05, 3.63) is 95.8 Å². The molecule has 188 valence electrons. The largest absolute Gasteiger partial charge is 0.377 e. The second kappa shape index (κ2) is 12.7. The molecule has 3 aromatic carbocycles. The Morgan fingerprint density at radius 3 is 2.53 bits per heavy atom. The fraction of sp³-hybridized carbons (Fsp3) is 0.379. The van der Waals surface area contributed by atoms with Crippen LogP contribution in [0.3, 0.4) is 0 Å². The van der Waals surface area contributed by atoms with Gasteiger partial charge in [0.2, 0.25) is 0 Å². The van der Waals surface area contributed by atoms with Crippen molar-refractivity contribution in [1.29, 1.82) is 0 Å². The van der Waals surface area contributed by atoms with Crippen LogP contribution < -0.4 is 5.32 Å². The van der Waals surface area contributed by atoms with Gasteiger partial charge < -0.3 is 19.5 Å². The van der Waals surface area contributed by atoms with Crippen LogP contribution in [0.5, 0.6) is 0 Å². The van der Waals surface area contributed by atoms with E-state index in [1.807, 2.05) is 22.9 Å². The van der Waals surface area contributed by atoms with Crippen molar-refractivity contribution < 1.29 is 14.2 Å². The average Bonchev–Trinajstić information content (AvgIpc) is 3.40. The predicted octanol–water partition coefficient (Wildman–Crippen LogP) is 4.67. The van der Waals surface area contributed by atoms with E-state index in [1.54, 1.807) is 6.20 Å². The molecule has 2 atom stereocenters. The van der Waals surface area contributed by atoms with E-state index in [-0.39, 0.29) is 12.1 Å². The van der Waals surface area contributed by atoms with Gasteiger partial charge in [-0.25, -0.2) is 4.68 Å². The molecular formula is C29H34N4O3. The molecule has 0 saturated carbocycles. The molecule has 1 aliphatic heterocycles. The lowest BCUT2D eigenvalue weighted by molar-refractivity contribution is -0.0140. The van der Waals surface area contributed by atoms with Crippen LogP contribution >= 0.6 is 0 Å². The van der Waals surface area contributed by atoms with Gasteiger partial charge in [0.1, 0.15) is 0 Å². The SMILES string of the molecule is c1ccc(COCCCOCc2cnnn2C2CCNCC2OCc2ccc3ccccc3c2)cc1. The summed E-state index contributed by atoms with van der Waals surface area (Å²) in [7, 11) is 0. The number of rotatable bonds is 12.